The van der Waals surface area contributed by atoms with Gasteiger partial charge in [-0.05, 0) is 55.9 Å². The molecule has 0 amide bonds. The Morgan fingerprint density at radius 1 is 1.17 bits per heavy atom. The van der Waals surface area contributed by atoms with Crippen molar-refractivity contribution in [3.63, 3.8) is 0 Å². The van der Waals surface area contributed by atoms with Gasteiger partial charge < -0.3 is 9.84 Å². The lowest BCUT2D eigenvalue weighted by Gasteiger charge is -2.26. The van der Waals surface area contributed by atoms with Gasteiger partial charge in [0, 0.05) is 0 Å². The average molecular weight is 248 g/mol. The van der Waals surface area contributed by atoms with Crippen LogP contribution < -0.4 is 4.74 Å². The summed E-state index contributed by atoms with van der Waals surface area (Å²) in [6, 6.07) is 6.09. The molecule has 100 valence electrons. The van der Waals surface area contributed by atoms with Gasteiger partial charge in [-0.2, -0.15) is 0 Å². The minimum atomic E-state index is -0.313. The monoisotopic (exact) mass is 248 g/mol. The first-order valence-corrected chi connectivity index (χ1v) is 7.05. The molecule has 0 bridgehead atoms. The van der Waals surface area contributed by atoms with Gasteiger partial charge in [0.15, 0.2) is 0 Å². The third-order valence-corrected chi connectivity index (χ3v) is 4.09. The largest absolute Gasteiger partial charge is 0.491 e. The highest BCUT2D eigenvalue weighted by Gasteiger charge is 2.22. The van der Waals surface area contributed by atoms with E-state index in [1.807, 2.05) is 12.1 Å². The Morgan fingerprint density at radius 2 is 1.89 bits per heavy atom. The van der Waals surface area contributed by atoms with Gasteiger partial charge in [-0.25, -0.2) is 0 Å². The van der Waals surface area contributed by atoms with Crippen molar-refractivity contribution in [3.05, 3.63) is 29.3 Å². The Hall–Kier alpha value is -1.02. The first-order chi connectivity index (χ1) is 8.66. The summed E-state index contributed by atoms with van der Waals surface area (Å²) in [7, 11) is 0. The lowest BCUT2D eigenvalue weighted by Crippen LogP contribution is -2.28. The van der Waals surface area contributed by atoms with Gasteiger partial charge in [0.2, 0.25) is 0 Å². The quantitative estimate of drug-likeness (QED) is 0.881. The number of hydrogen-bond acceptors (Lipinski definition) is 2. The maximum absolute atomic E-state index is 10.1. The van der Waals surface area contributed by atoms with Crippen LogP contribution in [0.5, 0.6) is 5.75 Å². The summed E-state index contributed by atoms with van der Waals surface area (Å²) in [5, 5.41) is 10.1. The van der Waals surface area contributed by atoms with Gasteiger partial charge in [-0.15, -0.1) is 0 Å². The third kappa shape index (κ3) is 3.49. The number of hydrogen-bond donors (Lipinski definition) is 1. The summed E-state index contributed by atoms with van der Waals surface area (Å²) in [4.78, 5) is 0. The van der Waals surface area contributed by atoms with Crippen molar-refractivity contribution >= 4 is 0 Å². The molecule has 0 spiro atoms. The number of aliphatic hydroxyl groups is 1. The Morgan fingerprint density at radius 3 is 2.56 bits per heavy atom. The standard InChI is InChI=1S/C16H24O2/c1-12-8-9-15(10-13(12)2)18-11-16(17)14-6-4-3-5-7-14/h8-10,14,16-17H,3-7,11H2,1-2H3. The molecular formula is C16H24O2. The van der Waals surface area contributed by atoms with Crippen LogP contribution in [0.1, 0.15) is 43.2 Å². The SMILES string of the molecule is Cc1ccc(OCC(O)C2CCCCC2)cc1C. The summed E-state index contributed by atoms with van der Waals surface area (Å²) in [6.07, 6.45) is 5.82. The number of benzene rings is 1. The van der Waals surface area contributed by atoms with Crippen molar-refractivity contribution in [1.82, 2.24) is 0 Å². The second-order valence-corrected chi connectivity index (χ2v) is 5.52. The average Bonchev–Trinajstić information content (AvgIpc) is 2.41. The molecule has 1 aliphatic carbocycles. The maximum atomic E-state index is 10.1. The Kier molecular flexibility index (Phi) is 4.65. The molecule has 2 rings (SSSR count). The molecule has 0 aliphatic heterocycles. The minimum absolute atomic E-state index is 0.313. The number of aliphatic hydroxyl groups excluding tert-OH is 1. The van der Waals surface area contributed by atoms with E-state index in [0.717, 1.165) is 18.6 Å². The second kappa shape index (κ2) is 6.24. The fraction of sp³-hybridized carbons (Fsp3) is 0.625. The Bertz CT molecular complexity index is 381. The topological polar surface area (TPSA) is 29.5 Å². The third-order valence-electron chi connectivity index (χ3n) is 4.09. The fourth-order valence-electron chi connectivity index (χ4n) is 2.64. The smallest absolute Gasteiger partial charge is 0.119 e. The van der Waals surface area contributed by atoms with Gasteiger partial charge in [-0.3, -0.25) is 0 Å². The van der Waals surface area contributed by atoms with E-state index in [2.05, 4.69) is 19.9 Å². The summed E-state index contributed by atoms with van der Waals surface area (Å²) < 4.78 is 5.71. The zero-order valence-corrected chi connectivity index (χ0v) is 11.5. The predicted octanol–water partition coefficient (Wildman–Crippen LogP) is 3.62. The molecule has 18 heavy (non-hydrogen) atoms. The van der Waals surface area contributed by atoms with Gasteiger partial charge in [-0.1, -0.05) is 25.3 Å². The molecule has 1 fully saturated rings. The van der Waals surface area contributed by atoms with E-state index in [9.17, 15) is 5.11 Å². The summed E-state index contributed by atoms with van der Waals surface area (Å²) in [5.41, 5.74) is 2.51. The van der Waals surface area contributed by atoms with Crippen molar-refractivity contribution in [2.75, 3.05) is 6.61 Å². The molecule has 1 N–H and O–H groups in total. The molecule has 0 aromatic heterocycles. The van der Waals surface area contributed by atoms with Crippen LogP contribution >= 0.6 is 0 Å². The van der Waals surface area contributed by atoms with Crippen LogP contribution in [-0.2, 0) is 0 Å². The van der Waals surface area contributed by atoms with E-state index < -0.39 is 0 Å². The van der Waals surface area contributed by atoms with Gasteiger partial charge in [0.1, 0.15) is 12.4 Å². The number of aryl methyl sites for hydroxylation is 2. The molecular weight excluding hydrogens is 224 g/mol. The molecule has 2 nitrogen and oxygen atoms in total. The molecule has 1 unspecified atom stereocenters. The van der Waals surface area contributed by atoms with E-state index in [-0.39, 0.29) is 6.10 Å². The highest BCUT2D eigenvalue weighted by Crippen LogP contribution is 2.27. The highest BCUT2D eigenvalue weighted by molar-refractivity contribution is 5.33. The zero-order valence-electron chi connectivity index (χ0n) is 11.5. The van der Waals surface area contributed by atoms with E-state index in [1.165, 1.54) is 30.4 Å². The van der Waals surface area contributed by atoms with Crippen molar-refractivity contribution in [3.8, 4) is 5.75 Å². The molecule has 0 heterocycles. The lowest BCUT2D eigenvalue weighted by atomic mass is 9.85. The van der Waals surface area contributed by atoms with Crippen molar-refractivity contribution in [1.29, 1.82) is 0 Å². The molecule has 1 aromatic rings. The molecule has 1 aliphatic rings. The van der Waals surface area contributed by atoms with E-state index in [1.54, 1.807) is 0 Å². The van der Waals surface area contributed by atoms with Gasteiger partial charge in [0.05, 0.1) is 6.10 Å². The molecule has 0 saturated heterocycles. The molecule has 2 heteroatoms. The van der Waals surface area contributed by atoms with Gasteiger partial charge in [0.25, 0.3) is 0 Å². The van der Waals surface area contributed by atoms with Crippen LogP contribution in [0.4, 0.5) is 0 Å². The van der Waals surface area contributed by atoms with Crippen LogP contribution in [-0.4, -0.2) is 17.8 Å². The van der Waals surface area contributed by atoms with Crippen LogP contribution in [0.25, 0.3) is 0 Å². The minimum Gasteiger partial charge on any atom is -0.491 e. The highest BCUT2D eigenvalue weighted by atomic mass is 16.5. The Labute approximate surface area is 110 Å². The van der Waals surface area contributed by atoms with Crippen LogP contribution in [0.15, 0.2) is 18.2 Å². The lowest BCUT2D eigenvalue weighted by molar-refractivity contribution is 0.0413. The van der Waals surface area contributed by atoms with E-state index in [0.29, 0.717) is 12.5 Å². The first-order valence-electron chi connectivity index (χ1n) is 7.05. The van der Waals surface area contributed by atoms with Gasteiger partial charge >= 0.3 is 0 Å². The zero-order chi connectivity index (χ0) is 13.0. The van der Waals surface area contributed by atoms with Crippen LogP contribution in [0.3, 0.4) is 0 Å². The van der Waals surface area contributed by atoms with Crippen LogP contribution in [0, 0.1) is 19.8 Å². The van der Waals surface area contributed by atoms with Crippen molar-refractivity contribution in [2.45, 2.75) is 52.1 Å². The Balaban J connectivity index is 1.84. The van der Waals surface area contributed by atoms with E-state index >= 15 is 0 Å². The maximum Gasteiger partial charge on any atom is 0.119 e. The summed E-state index contributed by atoms with van der Waals surface area (Å²) >= 11 is 0. The molecule has 1 atom stereocenters. The number of rotatable bonds is 4. The number of ether oxygens (including phenoxy) is 1. The van der Waals surface area contributed by atoms with Crippen molar-refractivity contribution in [2.24, 2.45) is 5.92 Å². The van der Waals surface area contributed by atoms with Crippen LogP contribution in [0.2, 0.25) is 0 Å². The molecule has 1 saturated carbocycles. The first kappa shape index (κ1) is 13.4. The molecule has 0 radical (unpaired) electrons. The van der Waals surface area contributed by atoms with E-state index in [4.69, 9.17) is 4.74 Å². The summed E-state index contributed by atoms with van der Waals surface area (Å²) in [5.74, 6) is 1.30. The molecule has 1 aromatic carbocycles. The second-order valence-electron chi connectivity index (χ2n) is 5.52. The van der Waals surface area contributed by atoms with Crippen molar-refractivity contribution < 1.29 is 9.84 Å². The predicted molar refractivity (Wildman–Crippen MR) is 74.0 cm³/mol. The normalized spacial score (nSPS) is 18.6. The summed E-state index contributed by atoms with van der Waals surface area (Å²) in [6.45, 7) is 4.60. The fourth-order valence-corrected chi connectivity index (χ4v) is 2.64.